The Kier molecular flexibility index (Phi) is 3.69. The third kappa shape index (κ3) is 2.83. The molecule has 1 aromatic heterocycles. The van der Waals surface area contributed by atoms with Crippen LogP contribution in [-0.4, -0.2) is 28.3 Å². The fraction of sp³-hybridized carbons (Fsp3) is 0.267. The molecule has 0 spiro atoms. The lowest BCUT2D eigenvalue weighted by molar-refractivity contribution is 0.0947. The van der Waals surface area contributed by atoms with Crippen molar-refractivity contribution in [1.82, 2.24) is 15.3 Å². The van der Waals surface area contributed by atoms with E-state index in [0.29, 0.717) is 11.6 Å². The molecule has 1 unspecified atom stereocenters. The standard InChI is InChI=1S/C15H16N4O/c20-14(12-7-4-9-16-12)13-8-10-17-15(19-13)18-11-5-2-1-3-6-11/h1-3,5-6,8,10,12,16H,4,7,9H2,(H,17,18,19). The van der Waals surface area contributed by atoms with Gasteiger partial charge < -0.3 is 10.6 Å². The maximum Gasteiger partial charge on any atom is 0.227 e. The highest BCUT2D eigenvalue weighted by atomic mass is 16.1. The normalized spacial score (nSPS) is 17.9. The van der Waals surface area contributed by atoms with Crippen LogP contribution in [0.5, 0.6) is 0 Å². The zero-order valence-electron chi connectivity index (χ0n) is 11.0. The first-order valence-corrected chi connectivity index (χ1v) is 6.75. The summed E-state index contributed by atoms with van der Waals surface area (Å²) in [5, 5.41) is 6.29. The van der Waals surface area contributed by atoms with Gasteiger partial charge in [-0.1, -0.05) is 18.2 Å². The Bertz CT molecular complexity index is 594. The van der Waals surface area contributed by atoms with Crippen molar-refractivity contribution in [2.24, 2.45) is 0 Å². The number of nitrogens with one attached hydrogen (secondary N) is 2. The van der Waals surface area contributed by atoms with E-state index in [1.54, 1.807) is 12.3 Å². The zero-order chi connectivity index (χ0) is 13.8. The Balaban J connectivity index is 1.77. The van der Waals surface area contributed by atoms with Gasteiger partial charge >= 0.3 is 0 Å². The van der Waals surface area contributed by atoms with Gasteiger partial charge in [-0.2, -0.15) is 0 Å². The second kappa shape index (κ2) is 5.79. The molecule has 1 fully saturated rings. The van der Waals surface area contributed by atoms with Crippen molar-refractivity contribution in [2.45, 2.75) is 18.9 Å². The quantitative estimate of drug-likeness (QED) is 0.832. The smallest absolute Gasteiger partial charge is 0.227 e. The van der Waals surface area contributed by atoms with Gasteiger partial charge in [-0.25, -0.2) is 9.97 Å². The average Bonchev–Trinajstić information content (AvgIpc) is 3.02. The van der Waals surface area contributed by atoms with Crippen LogP contribution >= 0.6 is 0 Å². The molecule has 5 heteroatoms. The van der Waals surface area contributed by atoms with Gasteiger partial charge in [0.2, 0.25) is 5.95 Å². The Morgan fingerprint density at radius 1 is 1.25 bits per heavy atom. The minimum Gasteiger partial charge on any atom is -0.324 e. The van der Waals surface area contributed by atoms with Crippen molar-refractivity contribution in [1.29, 1.82) is 0 Å². The van der Waals surface area contributed by atoms with Crippen molar-refractivity contribution in [3.05, 3.63) is 48.3 Å². The van der Waals surface area contributed by atoms with Crippen LogP contribution in [0.3, 0.4) is 0 Å². The summed E-state index contributed by atoms with van der Waals surface area (Å²) in [6, 6.07) is 11.2. The van der Waals surface area contributed by atoms with Gasteiger partial charge in [0.1, 0.15) is 5.69 Å². The topological polar surface area (TPSA) is 66.9 Å². The van der Waals surface area contributed by atoms with E-state index in [9.17, 15) is 4.79 Å². The van der Waals surface area contributed by atoms with Crippen molar-refractivity contribution in [3.63, 3.8) is 0 Å². The lowest BCUT2D eigenvalue weighted by Crippen LogP contribution is -2.31. The van der Waals surface area contributed by atoms with Crippen molar-refractivity contribution >= 4 is 17.4 Å². The number of aromatic nitrogens is 2. The highest BCUT2D eigenvalue weighted by Crippen LogP contribution is 2.14. The summed E-state index contributed by atoms with van der Waals surface area (Å²) in [7, 11) is 0. The lowest BCUT2D eigenvalue weighted by Gasteiger charge is -2.09. The van der Waals surface area contributed by atoms with Crippen molar-refractivity contribution in [2.75, 3.05) is 11.9 Å². The monoisotopic (exact) mass is 268 g/mol. The molecule has 0 saturated carbocycles. The number of anilines is 2. The van der Waals surface area contributed by atoms with Crippen LogP contribution in [0.4, 0.5) is 11.6 Å². The van der Waals surface area contributed by atoms with Crippen LogP contribution < -0.4 is 10.6 Å². The van der Waals surface area contributed by atoms with Gasteiger partial charge in [0.25, 0.3) is 0 Å². The third-order valence-electron chi connectivity index (χ3n) is 3.31. The average molecular weight is 268 g/mol. The summed E-state index contributed by atoms with van der Waals surface area (Å²) in [4.78, 5) is 20.7. The maximum absolute atomic E-state index is 12.3. The molecule has 2 heterocycles. The second-order valence-electron chi connectivity index (χ2n) is 4.77. The Labute approximate surface area is 117 Å². The summed E-state index contributed by atoms with van der Waals surface area (Å²) >= 11 is 0. The van der Waals surface area contributed by atoms with Crippen LogP contribution in [0.2, 0.25) is 0 Å². The van der Waals surface area contributed by atoms with Crippen molar-refractivity contribution in [3.8, 4) is 0 Å². The lowest BCUT2D eigenvalue weighted by atomic mass is 10.1. The van der Waals surface area contributed by atoms with Gasteiger partial charge in [0, 0.05) is 11.9 Å². The van der Waals surface area contributed by atoms with Crippen LogP contribution in [-0.2, 0) is 0 Å². The van der Waals surface area contributed by atoms with E-state index in [1.807, 2.05) is 30.3 Å². The number of carbonyl (C=O) groups is 1. The number of Topliss-reactive ketones (excluding diaryl/α,β-unsaturated/α-hetero) is 1. The summed E-state index contributed by atoms with van der Waals surface area (Å²) in [5.41, 5.74) is 1.36. The van der Waals surface area contributed by atoms with Crippen LogP contribution in [0.15, 0.2) is 42.6 Å². The molecule has 0 aliphatic carbocycles. The van der Waals surface area contributed by atoms with E-state index in [4.69, 9.17) is 0 Å². The van der Waals surface area contributed by atoms with E-state index >= 15 is 0 Å². The molecule has 1 atom stereocenters. The molecular weight excluding hydrogens is 252 g/mol. The minimum atomic E-state index is -0.102. The van der Waals surface area contributed by atoms with Gasteiger partial charge in [-0.3, -0.25) is 4.79 Å². The van der Waals surface area contributed by atoms with Gasteiger partial charge in [0.15, 0.2) is 5.78 Å². The van der Waals surface area contributed by atoms with Crippen LogP contribution in [0.1, 0.15) is 23.3 Å². The highest BCUT2D eigenvalue weighted by Gasteiger charge is 2.24. The fourth-order valence-electron chi connectivity index (χ4n) is 2.29. The van der Waals surface area contributed by atoms with E-state index in [-0.39, 0.29) is 11.8 Å². The molecule has 1 aliphatic rings. The SMILES string of the molecule is O=C(c1ccnc(Nc2ccccc2)n1)C1CCCN1. The predicted octanol–water partition coefficient (Wildman–Crippen LogP) is 2.15. The summed E-state index contributed by atoms with van der Waals surface area (Å²) in [6.07, 6.45) is 3.53. The highest BCUT2D eigenvalue weighted by molar-refractivity contribution is 5.98. The number of hydrogen-bond acceptors (Lipinski definition) is 5. The number of benzene rings is 1. The molecule has 2 N–H and O–H groups in total. The molecule has 0 amide bonds. The Morgan fingerprint density at radius 2 is 2.10 bits per heavy atom. The molecule has 3 rings (SSSR count). The Hall–Kier alpha value is -2.27. The largest absolute Gasteiger partial charge is 0.324 e. The predicted molar refractivity (Wildman–Crippen MR) is 77.1 cm³/mol. The number of hydrogen-bond donors (Lipinski definition) is 2. The number of nitrogens with zero attached hydrogens (tertiary/aromatic N) is 2. The maximum atomic E-state index is 12.3. The van der Waals surface area contributed by atoms with E-state index in [0.717, 1.165) is 25.1 Å². The molecule has 5 nitrogen and oxygen atoms in total. The van der Waals surface area contributed by atoms with Gasteiger partial charge in [-0.15, -0.1) is 0 Å². The summed E-state index contributed by atoms with van der Waals surface area (Å²) in [6.45, 7) is 0.899. The third-order valence-corrected chi connectivity index (χ3v) is 3.31. The van der Waals surface area contributed by atoms with E-state index < -0.39 is 0 Å². The number of ketones is 1. The van der Waals surface area contributed by atoms with Gasteiger partial charge in [-0.05, 0) is 37.6 Å². The minimum absolute atomic E-state index is 0.0426. The molecule has 2 aromatic rings. The molecule has 1 aromatic carbocycles. The van der Waals surface area contributed by atoms with Crippen LogP contribution in [0.25, 0.3) is 0 Å². The van der Waals surface area contributed by atoms with E-state index in [1.165, 1.54) is 0 Å². The Morgan fingerprint density at radius 3 is 2.85 bits per heavy atom. The molecule has 0 bridgehead atoms. The first-order chi connectivity index (χ1) is 9.83. The zero-order valence-corrected chi connectivity index (χ0v) is 11.0. The van der Waals surface area contributed by atoms with Gasteiger partial charge in [0.05, 0.1) is 6.04 Å². The molecule has 1 aliphatic heterocycles. The molecule has 1 saturated heterocycles. The first-order valence-electron chi connectivity index (χ1n) is 6.75. The molecular formula is C15H16N4O. The molecule has 0 radical (unpaired) electrons. The number of para-hydroxylation sites is 1. The van der Waals surface area contributed by atoms with E-state index in [2.05, 4.69) is 20.6 Å². The number of carbonyl (C=O) groups excluding carboxylic acids is 1. The second-order valence-corrected chi connectivity index (χ2v) is 4.77. The fourth-order valence-corrected chi connectivity index (χ4v) is 2.29. The summed E-state index contributed by atoms with van der Waals surface area (Å²) in [5.74, 6) is 0.487. The van der Waals surface area contributed by atoms with Crippen molar-refractivity contribution < 1.29 is 4.79 Å². The number of rotatable bonds is 4. The van der Waals surface area contributed by atoms with Crippen LogP contribution in [0, 0.1) is 0 Å². The first kappa shape index (κ1) is 12.7. The molecule has 20 heavy (non-hydrogen) atoms. The summed E-state index contributed by atoms with van der Waals surface area (Å²) < 4.78 is 0. The molecule has 102 valence electrons.